The van der Waals surface area contributed by atoms with Gasteiger partial charge in [0, 0.05) is 23.9 Å². The second-order valence-electron chi connectivity index (χ2n) is 7.44. The zero-order valence-electron chi connectivity index (χ0n) is 19.0. The van der Waals surface area contributed by atoms with Crippen molar-refractivity contribution < 1.29 is 26.4 Å². The van der Waals surface area contributed by atoms with Gasteiger partial charge in [0.1, 0.15) is 11.4 Å². The van der Waals surface area contributed by atoms with Crippen LogP contribution in [-0.4, -0.2) is 28.6 Å². The van der Waals surface area contributed by atoms with Crippen molar-refractivity contribution in [3.05, 3.63) is 78.7 Å². The van der Waals surface area contributed by atoms with Crippen molar-refractivity contribution in [2.45, 2.75) is 23.6 Å². The number of benzene rings is 3. The monoisotopic (exact) mass is 676 g/mol. The third-order valence-electron chi connectivity index (χ3n) is 4.90. The van der Waals surface area contributed by atoms with Gasteiger partial charge in [0.15, 0.2) is 0 Å². The Morgan fingerprint density at radius 3 is 0.974 bits per heavy atom. The quantitative estimate of drug-likeness (QED) is 0.258. The molecular weight excluding hydrogens is 665 g/mol. The number of carbonyl (C=O) groups excluding carboxylic acids is 2. The number of rotatable bonds is 6. The molecule has 8 nitrogen and oxygen atoms in total. The summed E-state index contributed by atoms with van der Waals surface area (Å²) in [5, 5.41) is -2.20. The molecule has 3 aromatic rings. The first-order valence-electron chi connectivity index (χ1n) is 10.0. The predicted molar refractivity (Wildman–Crippen MR) is 150 cm³/mol. The van der Waals surface area contributed by atoms with Crippen LogP contribution in [0.25, 0.3) is 0 Å². The number of nitrogens with zero attached hydrogens (tertiary/aromatic N) is 2. The van der Waals surface area contributed by atoms with Crippen LogP contribution in [0.3, 0.4) is 0 Å². The summed E-state index contributed by atoms with van der Waals surface area (Å²) in [5.74, 6) is -2.11. The Morgan fingerprint density at radius 1 is 0.526 bits per heavy atom. The third kappa shape index (κ3) is 5.59. The highest BCUT2D eigenvalue weighted by Gasteiger charge is 2.39. The summed E-state index contributed by atoms with van der Waals surface area (Å²) in [4.78, 5) is 24.5. The molecule has 202 valence electrons. The van der Waals surface area contributed by atoms with Crippen LogP contribution in [0.4, 0.5) is 11.4 Å². The van der Waals surface area contributed by atoms with Gasteiger partial charge < -0.3 is 0 Å². The molecule has 0 unspecified atom stereocenters. The van der Waals surface area contributed by atoms with Gasteiger partial charge in [0.2, 0.25) is 11.8 Å². The number of halogens is 6. The fourth-order valence-electron chi connectivity index (χ4n) is 3.28. The van der Waals surface area contributed by atoms with Crippen LogP contribution in [0.15, 0.2) is 58.3 Å². The van der Waals surface area contributed by atoms with E-state index in [0.29, 0.717) is 0 Å². The smallest absolute Gasteiger partial charge is 0.270 e. The highest BCUT2D eigenvalue weighted by molar-refractivity contribution is 7.94. The number of hydrogen-bond acceptors (Lipinski definition) is 6. The van der Waals surface area contributed by atoms with Gasteiger partial charge in [-0.3, -0.25) is 9.59 Å². The summed E-state index contributed by atoms with van der Waals surface area (Å²) >= 11 is 37.2. The molecule has 0 aliphatic heterocycles. The van der Waals surface area contributed by atoms with Crippen molar-refractivity contribution >= 4 is 113 Å². The fraction of sp³-hybridized carbons (Fsp3) is 0.0909. The van der Waals surface area contributed by atoms with Crippen LogP contribution >= 0.6 is 69.6 Å². The lowest BCUT2D eigenvalue weighted by molar-refractivity contribution is -0.116. The van der Waals surface area contributed by atoms with E-state index in [1.807, 2.05) is 0 Å². The molecule has 0 N–H and O–H groups in total. The largest absolute Gasteiger partial charge is 0.274 e. The van der Waals surface area contributed by atoms with E-state index in [1.165, 1.54) is 24.3 Å². The molecular formula is C22H14Cl6N2O6S2. The second kappa shape index (κ2) is 11.4. The van der Waals surface area contributed by atoms with Crippen molar-refractivity contribution in [2.24, 2.45) is 0 Å². The Hall–Kier alpha value is -1.76. The van der Waals surface area contributed by atoms with Gasteiger partial charge >= 0.3 is 0 Å². The lowest BCUT2D eigenvalue weighted by Gasteiger charge is -2.28. The fourth-order valence-corrected chi connectivity index (χ4v) is 7.81. The minimum atomic E-state index is -4.65. The Morgan fingerprint density at radius 2 is 0.763 bits per heavy atom. The molecule has 0 radical (unpaired) electrons. The molecule has 3 aromatic carbocycles. The van der Waals surface area contributed by atoms with E-state index < -0.39 is 63.3 Å². The Labute approximate surface area is 248 Å². The molecule has 3 rings (SSSR count). The van der Waals surface area contributed by atoms with Gasteiger partial charge in [-0.15, -0.1) is 0 Å². The standard InChI is InChI=1S/C22H14Cl6N2O6S2/c1-11(31)29(37(33,34)15-7-3-13(23)4-8-15)21-17(25)19(27)22(20(28)18(21)26)30(12(2)32)38(35,36)16-9-5-14(24)6-10-16/h3-10H,1-2H3. The lowest BCUT2D eigenvalue weighted by Crippen LogP contribution is -2.37. The molecule has 0 bridgehead atoms. The topological polar surface area (TPSA) is 109 Å². The van der Waals surface area contributed by atoms with Gasteiger partial charge in [-0.05, 0) is 48.5 Å². The summed E-state index contributed by atoms with van der Waals surface area (Å²) in [6, 6.07) is 9.70. The first-order valence-corrected chi connectivity index (χ1v) is 15.2. The summed E-state index contributed by atoms with van der Waals surface area (Å²) in [6.45, 7) is 1.84. The second-order valence-corrected chi connectivity index (χ2v) is 13.4. The first-order chi connectivity index (χ1) is 17.5. The number of anilines is 2. The van der Waals surface area contributed by atoms with E-state index in [0.717, 1.165) is 38.1 Å². The molecule has 0 heterocycles. The van der Waals surface area contributed by atoms with E-state index >= 15 is 0 Å². The summed E-state index contributed by atoms with van der Waals surface area (Å²) < 4.78 is 54.1. The summed E-state index contributed by atoms with van der Waals surface area (Å²) in [7, 11) is -9.29. The molecule has 0 spiro atoms. The zero-order chi connectivity index (χ0) is 28.7. The van der Waals surface area contributed by atoms with Crippen LogP contribution in [0.1, 0.15) is 13.8 Å². The average molecular weight is 679 g/mol. The first kappa shape index (κ1) is 30.8. The molecule has 16 heteroatoms. The average Bonchev–Trinajstić information content (AvgIpc) is 2.82. The number of sulfonamides is 2. The van der Waals surface area contributed by atoms with Crippen LogP contribution in [0.2, 0.25) is 30.1 Å². The maximum Gasteiger partial charge on any atom is 0.270 e. The van der Waals surface area contributed by atoms with Crippen LogP contribution in [-0.2, 0) is 29.6 Å². The minimum Gasteiger partial charge on any atom is -0.274 e. The van der Waals surface area contributed by atoms with Crippen molar-refractivity contribution in [3.8, 4) is 0 Å². The third-order valence-corrected chi connectivity index (χ3v) is 10.6. The highest BCUT2D eigenvalue weighted by Crippen LogP contribution is 2.52. The van der Waals surface area contributed by atoms with Gasteiger partial charge in [-0.1, -0.05) is 69.6 Å². The minimum absolute atomic E-state index is 0.232. The molecule has 0 atom stereocenters. The van der Waals surface area contributed by atoms with E-state index in [1.54, 1.807) is 0 Å². The van der Waals surface area contributed by atoms with Crippen LogP contribution < -0.4 is 8.61 Å². The van der Waals surface area contributed by atoms with Crippen molar-refractivity contribution in [1.29, 1.82) is 0 Å². The number of hydrogen-bond donors (Lipinski definition) is 0. The molecule has 0 saturated carbocycles. The normalized spacial score (nSPS) is 11.8. The highest BCUT2D eigenvalue weighted by atomic mass is 35.5. The zero-order valence-corrected chi connectivity index (χ0v) is 25.2. The van der Waals surface area contributed by atoms with Gasteiger partial charge in [-0.2, -0.15) is 8.61 Å². The van der Waals surface area contributed by atoms with Crippen LogP contribution in [0.5, 0.6) is 0 Å². The van der Waals surface area contributed by atoms with E-state index in [4.69, 9.17) is 69.6 Å². The van der Waals surface area contributed by atoms with E-state index in [-0.39, 0.29) is 28.4 Å². The van der Waals surface area contributed by atoms with Gasteiger partial charge in [0.05, 0.1) is 29.9 Å². The maximum atomic E-state index is 13.4. The Balaban J connectivity index is 2.32. The maximum absolute atomic E-state index is 13.4. The lowest BCUT2D eigenvalue weighted by atomic mass is 10.2. The molecule has 0 aliphatic rings. The number of amides is 2. The Bertz CT molecular complexity index is 1510. The predicted octanol–water partition coefficient (Wildman–Crippen LogP) is 7.09. The van der Waals surface area contributed by atoms with E-state index in [2.05, 4.69) is 0 Å². The van der Waals surface area contributed by atoms with Crippen molar-refractivity contribution in [3.63, 3.8) is 0 Å². The van der Waals surface area contributed by atoms with Crippen molar-refractivity contribution in [2.75, 3.05) is 8.61 Å². The molecule has 0 saturated heterocycles. The van der Waals surface area contributed by atoms with Crippen molar-refractivity contribution in [1.82, 2.24) is 0 Å². The van der Waals surface area contributed by atoms with Gasteiger partial charge in [-0.25, -0.2) is 16.8 Å². The molecule has 0 fully saturated rings. The molecule has 2 amide bonds. The molecule has 38 heavy (non-hydrogen) atoms. The van der Waals surface area contributed by atoms with E-state index in [9.17, 15) is 26.4 Å². The Kier molecular flexibility index (Phi) is 9.22. The number of carbonyl (C=O) groups is 2. The molecule has 0 aliphatic carbocycles. The summed E-state index contributed by atoms with van der Waals surface area (Å²) in [5.41, 5.74) is -1.30. The van der Waals surface area contributed by atoms with Crippen LogP contribution in [0, 0.1) is 0 Å². The van der Waals surface area contributed by atoms with Gasteiger partial charge in [0.25, 0.3) is 20.0 Å². The summed E-state index contributed by atoms with van der Waals surface area (Å²) in [6.07, 6.45) is 0. The SMILES string of the molecule is CC(=O)N(c1c(Cl)c(Cl)c(N(C(C)=O)S(=O)(=O)c2ccc(Cl)cc2)c(Cl)c1Cl)S(=O)(=O)c1ccc(Cl)cc1. The molecule has 0 aromatic heterocycles.